The van der Waals surface area contributed by atoms with Gasteiger partial charge in [-0.05, 0) is 128 Å². The first-order chi connectivity index (χ1) is 47.2. The summed E-state index contributed by atoms with van der Waals surface area (Å²) >= 11 is 0. The summed E-state index contributed by atoms with van der Waals surface area (Å²) in [5.74, 6) is 5.21. The molecule has 0 saturated carbocycles. The molecule has 96 heavy (non-hydrogen) atoms. The van der Waals surface area contributed by atoms with Gasteiger partial charge in [0.25, 0.3) is 0 Å². The van der Waals surface area contributed by atoms with Crippen LogP contribution in [0.2, 0.25) is 0 Å². The fraction of sp³-hybridized carbons (Fsp3) is 0.325. The second-order valence-corrected chi connectivity index (χ2v) is 25.3. The van der Waals surface area contributed by atoms with Crippen molar-refractivity contribution in [1.82, 2.24) is 49.8 Å². The topological polar surface area (TPSA) is 190 Å². The van der Waals surface area contributed by atoms with E-state index in [2.05, 4.69) is 150 Å². The number of aromatic amines is 2. The molecule has 2 aliphatic rings. The lowest BCUT2D eigenvalue weighted by atomic mass is 9.95. The zero-order valence-corrected chi connectivity index (χ0v) is 56.1. The number of rotatable bonds is 24. The zero-order valence-electron chi connectivity index (χ0n) is 56.1. The van der Waals surface area contributed by atoms with Crippen LogP contribution in [0.1, 0.15) is 130 Å². The molecule has 15 rings (SSSR count). The minimum atomic E-state index is 0.357. The molecule has 7 heterocycles. The van der Waals surface area contributed by atoms with Gasteiger partial charge in [0.2, 0.25) is 0 Å². The molecule has 5 aromatic heterocycles. The maximum absolute atomic E-state index is 7.24. The third-order valence-corrected chi connectivity index (χ3v) is 18.8. The maximum atomic E-state index is 7.24. The van der Waals surface area contributed by atoms with E-state index in [0.29, 0.717) is 159 Å². The Morgan fingerprint density at radius 2 is 0.615 bits per heavy atom. The monoisotopic (exact) mass is 1280 g/mol. The number of fused-ring (bicyclic) bond motifs is 26. The number of nitrogens with one attached hydrogen (secondary N) is 2. The van der Waals surface area contributed by atoms with Crippen LogP contribution in [-0.4, -0.2) is 89.5 Å². The highest BCUT2D eigenvalue weighted by molar-refractivity contribution is 6.21. The highest BCUT2D eigenvalue weighted by atomic mass is 16.5. The summed E-state index contributed by atoms with van der Waals surface area (Å²) in [4.78, 5) is 52.6. The fourth-order valence-electron chi connectivity index (χ4n) is 13.8. The van der Waals surface area contributed by atoms with E-state index in [4.69, 9.17) is 68.3 Å². The fourth-order valence-corrected chi connectivity index (χ4v) is 13.8. The van der Waals surface area contributed by atoms with Gasteiger partial charge in [0, 0.05) is 55.5 Å². The summed E-state index contributed by atoms with van der Waals surface area (Å²) in [5.41, 5.74) is 7.79. The SMILES string of the molecule is CCCCOc1c2c(c(OCCCC)c3cc4ccccc4cc13)-c1nc-2nc2[nH]c(nc3nc(nc4[nH]c(n1)c1c(C)c5ncccc5c(OCCCC)c41)-c1c-3c(OCCCC)c3cc4ccccc4cc3c1OCCCC)c1c(OCCCC)c3ncccc3c(C)c21. The predicted molar refractivity (Wildman–Crippen MR) is 389 cm³/mol. The maximum Gasteiger partial charge on any atom is 0.168 e. The molecule has 8 bridgehead atoms. The van der Waals surface area contributed by atoms with Crippen molar-refractivity contribution in [2.45, 2.75) is 132 Å². The second kappa shape index (κ2) is 26.5. The lowest BCUT2D eigenvalue weighted by Crippen LogP contribution is -2.04. The molecule has 0 unspecified atom stereocenters. The highest BCUT2D eigenvalue weighted by Crippen LogP contribution is 2.56. The number of hydrogen-bond donors (Lipinski definition) is 2. The number of hydrogen-bond acceptors (Lipinski definition) is 14. The molecule has 2 aliphatic heterocycles. The van der Waals surface area contributed by atoms with Gasteiger partial charge in [-0.1, -0.05) is 135 Å². The molecule has 0 spiro atoms. The van der Waals surface area contributed by atoms with Crippen molar-refractivity contribution >= 4 is 109 Å². The number of pyridine rings is 2. The lowest BCUT2D eigenvalue weighted by Gasteiger charge is -2.19. The second-order valence-electron chi connectivity index (χ2n) is 25.3. The normalized spacial score (nSPS) is 12.1. The highest BCUT2D eigenvalue weighted by Gasteiger charge is 2.36. The van der Waals surface area contributed by atoms with Crippen LogP contribution in [0.5, 0.6) is 34.5 Å². The van der Waals surface area contributed by atoms with Crippen molar-refractivity contribution < 1.29 is 28.4 Å². The minimum Gasteiger partial charge on any atom is -0.492 e. The first kappa shape index (κ1) is 61.9. The first-order valence-electron chi connectivity index (χ1n) is 34.7. The number of unbranched alkanes of at least 4 members (excludes halogenated alkanes) is 6. The Labute approximate surface area is 557 Å². The molecule has 0 saturated heterocycles. The van der Waals surface area contributed by atoms with E-state index < -0.39 is 0 Å². The molecule has 16 heteroatoms. The van der Waals surface area contributed by atoms with Gasteiger partial charge in [0.15, 0.2) is 29.0 Å². The Balaban J connectivity index is 1.20. The number of benzene rings is 8. The summed E-state index contributed by atoms with van der Waals surface area (Å²) in [6.07, 6.45) is 14.1. The van der Waals surface area contributed by atoms with E-state index in [1.807, 2.05) is 24.5 Å². The van der Waals surface area contributed by atoms with Crippen LogP contribution >= 0.6 is 0 Å². The summed E-state index contributed by atoms with van der Waals surface area (Å²) in [6, 6.07) is 33.8. The average Bonchev–Trinajstić information content (AvgIpc) is 1.52. The molecule has 0 fully saturated rings. The van der Waals surface area contributed by atoms with Crippen LogP contribution < -0.4 is 28.4 Å². The summed E-state index contributed by atoms with van der Waals surface area (Å²) in [6.45, 7) is 19.9. The molecule has 2 N–H and O–H groups in total. The van der Waals surface area contributed by atoms with Crippen molar-refractivity contribution in [2.75, 3.05) is 39.6 Å². The molecule has 0 amide bonds. The molecular formula is C80H80N10O6. The van der Waals surface area contributed by atoms with Gasteiger partial charge in [0.1, 0.15) is 56.9 Å². The smallest absolute Gasteiger partial charge is 0.168 e. The number of aromatic nitrogens is 10. The summed E-state index contributed by atoms with van der Waals surface area (Å²) in [5, 5.41) is 12.4. The molecule has 0 radical (unpaired) electrons. The van der Waals surface area contributed by atoms with Crippen molar-refractivity contribution in [3.63, 3.8) is 0 Å². The van der Waals surface area contributed by atoms with Crippen LogP contribution in [0.4, 0.5) is 0 Å². The Morgan fingerprint density at radius 3 is 0.990 bits per heavy atom. The molecule has 13 aromatic rings. The van der Waals surface area contributed by atoms with Crippen LogP contribution in [0.25, 0.3) is 155 Å². The van der Waals surface area contributed by atoms with Gasteiger partial charge < -0.3 is 38.4 Å². The van der Waals surface area contributed by atoms with Crippen molar-refractivity contribution in [3.05, 3.63) is 121 Å². The summed E-state index contributed by atoms with van der Waals surface area (Å²) in [7, 11) is 0. The number of H-pyrrole nitrogens is 2. The minimum absolute atomic E-state index is 0.357. The Bertz CT molecular complexity index is 5080. The number of ether oxygens (including phenoxy) is 6. The van der Waals surface area contributed by atoms with E-state index in [-0.39, 0.29) is 0 Å². The molecule has 0 atom stereocenters. The summed E-state index contributed by atoms with van der Waals surface area (Å²) < 4.78 is 43.1. The zero-order chi connectivity index (χ0) is 65.6. The number of aryl methyl sites for hydroxylation is 2. The van der Waals surface area contributed by atoms with Gasteiger partial charge in [-0.3, -0.25) is 9.97 Å². The van der Waals surface area contributed by atoms with Crippen LogP contribution in [0.15, 0.2) is 109 Å². The van der Waals surface area contributed by atoms with Crippen molar-refractivity contribution in [1.29, 1.82) is 0 Å². The van der Waals surface area contributed by atoms with Crippen molar-refractivity contribution in [3.8, 4) is 80.0 Å². The van der Waals surface area contributed by atoms with Gasteiger partial charge in [-0.25, -0.2) is 29.9 Å². The Morgan fingerprint density at radius 1 is 0.302 bits per heavy atom. The quantitative estimate of drug-likeness (QED) is 0.0429. The molecule has 16 nitrogen and oxygen atoms in total. The Kier molecular flexibility index (Phi) is 17.1. The van der Waals surface area contributed by atoms with Gasteiger partial charge in [0.05, 0.1) is 78.2 Å². The van der Waals surface area contributed by atoms with Crippen LogP contribution in [0, 0.1) is 13.8 Å². The third-order valence-electron chi connectivity index (χ3n) is 18.8. The molecule has 8 aromatic carbocycles. The first-order valence-corrected chi connectivity index (χ1v) is 34.7. The Hall–Kier alpha value is -10.2. The standard InChI is InChI=1S/C80H80N10O6/c1-9-15-35-91-67-52-32-26-33-81-65(52)46(8)58-59(67)75-85-74(58)86-78-62-61(68(92-36-16-10-2)53-41-47-27-21-22-28-48(47)42-54(53)69(62)93-37-17-11-3)77(89-78)84-73-57-45(7)51-31-25-34-82-66(51)72(96-40-20-14-6)60(57)76(83-73)88-80-64-63(79(87-75)90-80)70(94-38-18-12-4)55-43-49-29-23-24-30-50(49)44-56(55)71(64)95-39-19-13-5/h21-34,41-44H,9-20,35-40H2,1-8H3,(H2,83,84,85,86,87,88,89,90). The van der Waals surface area contributed by atoms with Gasteiger partial charge in [-0.2, -0.15) is 0 Å². The molecular weight excluding hydrogens is 1200 g/mol. The van der Waals surface area contributed by atoms with Gasteiger partial charge >= 0.3 is 0 Å². The van der Waals surface area contributed by atoms with Crippen molar-refractivity contribution in [2.24, 2.45) is 0 Å². The molecule has 0 aliphatic carbocycles. The largest absolute Gasteiger partial charge is 0.492 e. The number of nitrogens with zero attached hydrogens (tertiary/aromatic N) is 8. The van der Waals surface area contributed by atoms with Crippen LogP contribution in [-0.2, 0) is 0 Å². The van der Waals surface area contributed by atoms with Gasteiger partial charge in [-0.15, -0.1) is 0 Å². The third kappa shape index (κ3) is 10.7. The van der Waals surface area contributed by atoms with E-state index in [1.54, 1.807) is 0 Å². The molecule has 486 valence electrons. The van der Waals surface area contributed by atoms with E-state index in [1.165, 1.54) is 0 Å². The van der Waals surface area contributed by atoms with Crippen LogP contribution in [0.3, 0.4) is 0 Å². The average molecular weight is 1280 g/mol. The van der Waals surface area contributed by atoms with E-state index in [0.717, 1.165) is 158 Å². The predicted octanol–water partition coefficient (Wildman–Crippen LogP) is 20.3. The van der Waals surface area contributed by atoms with E-state index >= 15 is 0 Å². The lowest BCUT2D eigenvalue weighted by molar-refractivity contribution is 0.308. The van der Waals surface area contributed by atoms with E-state index in [9.17, 15) is 0 Å².